The number of amides is 1. The minimum Gasteiger partial charge on any atom is -0.356 e. The lowest BCUT2D eigenvalue weighted by Crippen LogP contribution is -2.25. The third-order valence-electron chi connectivity index (χ3n) is 1.20. The largest absolute Gasteiger partial charge is 0.356 e. The van der Waals surface area contributed by atoms with E-state index < -0.39 is 0 Å². The van der Waals surface area contributed by atoms with Crippen LogP contribution in [0, 0.1) is 5.92 Å². The minimum atomic E-state index is -0.0438. The van der Waals surface area contributed by atoms with Gasteiger partial charge in [-0.1, -0.05) is 6.92 Å². The summed E-state index contributed by atoms with van der Waals surface area (Å²) in [6.07, 6.45) is 1.38. The molecule has 0 aliphatic carbocycles. The third kappa shape index (κ3) is 5.28. The Morgan fingerprint density at radius 3 is 2.70 bits per heavy atom. The second-order valence-electron chi connectivity index (χ2n) is 2.44. The highest BCUT2D eigenvalue weighted by molar-refractivity contribution is 5.72. The zero-order chi connectivity index (χ0) is 7.98. The van der Waals surface area contributed by atoms with Crippen molar-refractivity contribution in [2.75, 3.05) is 6.54 Å². The fourth-order valence-corrected chi connectivity index (χ4v) is 0.566. The summed E-state index contributed by atoms with van der Waals surface area (Å²) in [6, 6.07) is 0. The van der Waals surface area contributed by atoms with Gasteiger partial charge in [0.1, 0.15) is 6.29 Å². The first-order chi connectivity index (χ1) is 4.66. The van der Waals surface area contributed by atoms with Crippen LogP contribution in [0.4, 0.5) is 0 Å². The minimum absolute atomic E-state index is 0.0438. The zero-order valence-corrected chi connectivity index (χ0v) is 6.39. The maximum absolute atomic E-state index is 10.4. The van der Waals surface area contributed by atoms with Gasteiger partial charge >= 0.3 is 0 Å². The van der Waals surface area contributed by atoms with E-state index in [1.807, 2.05) is 6.92 Å². The lowest BCUT2D eigenvalue weighted by atomic mass is 10.1. The molecule has 3 heteroatoms. The summed E-state index contributed by atoms with van der Waals surface area (Å²) in [5, 5.41) is 2.63. The fourth-order valence-electron chi connectivity index (χ4n) is 0.566. The van der Waals surface area contributed by atoms with Gasteiger partial charge < -0.3 is 10.1 Å². The second kappa shape index (κ2) is 4.97. The molecular weight excluding hydrogens is 130 g/mol. The Kier molecular flexibility index (Phi) is 4.54. The van der Waals surface area contributed by atoms with E-state index in [4.69, 9.17) is 0 Å². The maximum Gasteiger partial charge on any atom is 0.216 e. The van der Waals surface area contributed by atoms with Crippen LogP contribution >= 0.6 is 0 Å². The molecule has 0 rings (SSSR count). The molecule has 0 aliphatic heterocycles. The molecule has 3 nitrogen and oxygen atoms in total. The summed E-state index contributed by atoms with van der Waals surface area (Å²) in [5.41, 5.74) is 0. The Bertz CT molecular complexity index is 123. The van der Waals surface area contributed by atoms with Crippen LogP contribution in [0.15, 0.2) is 0 Å². The van der Waals surface area contributed by atoms with Crippen molar-refractivity contribution in [3.8, 4) is 0 Å². The second-order valence-corrected chi connectivity index (χ2v) is 2.44. The predicted molar refractivity (Wildman–Crippen MR) is 38.5 cm³/mol. The summed E-state index contributed by atoms with van der Waals surface area (Å²) in [7, 11) is 0. The molecule has 1 N–H and O–H groups in total. The molecule has 0 aromatic heterocycles. The van der Waals surface area contributed by atoms with Crippen molar-refractivity contribution in [1.82, 2.24) is 5.32 Å². The quantitative estimate of drug-likeness (QED) is 0.577. The normalized spacial score (nSPS) is 12.2. The van der Waals surface area contributed by atoms with Crippen LogP contribution in [0.2, 0.25) is 0 Å². The van der Waals surface area contributed by atoms with Crippen molar-refractivity contribution in [2.45, 2.75) is 20.3 Å². The van der Waals surface area contributed by atoms with Crippen LogP contribution in [0.25, 0.3) is 0 Å². The van der Waals surface area contributed by atoms with Crippen LogP contribution in [-0.2, 0) is 9.59 Å². The standard InChI is InChI=1S/C7H13NO2/c1-6(3-4-9)5-8-7(2)10/h4,6H,3,5H2,1-2H3,(H,8,10). The molecule has 0 aromatic carbocycles. The van der Waals surface area contributed by atoms with E-state index in [1.54, 1.807) is 0 Å². The molecule has 1 unspecified atom stereocenters. The molecule has 0 saturated heterocycles. The van der Waals surface area contributed by atoms with Crippen molar-refractivity contribution in [2.24, 2.45) is 5.92 Å². The first-order valence-electron chi connectivity index (χ1n) is 3.35. The van der Waals surface area contributed by atoms with Gasteiger partial charge in [-0.15, -0.1) is 0 Å². The van der Waals surface area contributed by atoms with Gasteiger partial charge in [-0.3, -0.25) is 4.79 Å². The highest BCUT2D eigenvalue weighted by Gasteiger charge is 2.00. The van der Waals surface area contributed by atoms with Crippen LogP contribution < -0.4 is 5.32 Å². The van der Waals surface area contributed by atoms with Crippen molar-refractivity contribution in [1.29, 1.82) is 0 Å². The highest BCUT2D eigenvalue weighted by Crippen LogP contribution is 1.95. The Hall–Kier alpha value is -0.860. The lowest BCUT2D eigenvalue weighted by Gasteiger charge is -2.06. The Morgan fingerprint density at radius 1 is 1.70 bits per heavy atom. The lowest BCUT2D eigenvalue weighted by molar-refractivity contribution is -0.119. The van der Waals surface area contributed by atoms with E-state index in [2.05, 4.69) is 5.32 Å². The molecule has 0 aromatic rings. The highest BCUT2D eigenvalue weighted by atomic mass is 16.1. The molecule has 0 radical (unpaired) electrons. The first-order valence-corrected chi connectivity index (χ1v) is 3.35. The molecule has 0 bridgehead atoms. The SMILES string of the molecule is CC(=O)NCC(C)CC=O. The van der Waals surface area contributed by atoms with Gasteiger partial charge in [-0.2, -0.15) is 0 Å². The number of nitrogens with one attached hydrogen (secondary N) is 1. The molecule has 10 heavy (non-hydrogen) atoms. The molecule has 0 saturated carbocycles. The van der Waals surface area contributed by atoms with Gasteiger partial charge in [0.2, 0.25) is 5.91 Å². The van der Waals surface area contributed by atoms with E-state index in [0.29, 0.717) is 13.0 Å². The number of carbonyl (C=O) groups excluding carboxylic acids is 2. The molecule has 1 amide bonds. The van der Waals surface area contributed by atoms with Gasteiger partial charge in [0.05, 0.1) is 0 Å². The first kappa shape index (κ1) is 9.14. The van der Waals surface area contributed by atoms with Gasteiger partial charge in [0, 0.05) is 19.9 Å². The van der Waals surface area contributed by atoms with Crippen LogP contribution in [0.5, 0.6) is 0 Å². The number of rotatable bonds is 4. The van der Waals surface area contributed by atoms with Gasteiger partial charge in [0.25, 0.3) is 0 Å². The van der Waals surface area contributed by atoms with Crippen molar-refractivity contribution in [3.63, 3.8) is 0 Å². The maximum atomic E-state index is 10.4. The summed E-state index contributed by atoms with van der Waals surface area (Å²) >= 11 is 0. The molecule has 0 aliphatic rings. The number of hydrogen-bond donors (Lipinski definition) is 1. The summed E-state index contributed by atoms with van der Waals surface area (Å²) in [5.74, 6) is 0.208. The van der Waals surface area contributed by atoms with E-state index in [0.717, 1.165) is 6.29 Å². The molecule has 1 atom stereocenters. The van der Waals surface area contributed by atoms with Crippen molar-refractivity contribution >= 4 is 12.2 Å². The monoisotopic (exact) mass is 143 g/mol. The van der Waals surface area contributed by atoms with Gasteiger partial charge in [-0.25, -0.2) is 0 Å². The van der Waals surface area contributed by atoms with Crippen molar-refractivity contribution < 1.29 is 9.59 Å². The fraction of sp³-hybridized carbons (Fsp3) is 0.714. The Balaban J connectivity index is 3.29. The molecule has 0 spiro atoms. The van der Waals surface area contributed by atoms with E-state index >= 15 is 0 Å². The predicted octanol–water partition coefficient (Wildman–Crippen LogP) is 0.348. The van der Waals surface area contributed by atoms with Crippen LogP contribution in [0.3, 0.4) is 0 Å². The van der Waals surface area contributed by atoms with Gasteiger partial charge in [-0.05, 0) is 5.92 Å². The van der Waals surface area contributed by atoms with Crippen LogP contribution in [0.1, 0.15) is 20.3 Å². The molecule has 0 heterocycles. The van der Waals surface area contributed by atoms with Crippen molar-refractivity contribution in [3.05, 3.63) is 0 Å². The van der Waals surface area contributed by atoms with Crippen LogP contribution in [-0.4, -0.2) is 18.7 Å². The summed E-state index contributed by atoms with van der Waals surface area (Å²) in [4.78, 5) is 20.3. The topological polar surface area (TPSA) is 46.2 Å². The van der Waals surface area contributed by atoms with Gasteiger partial charge in [0.15, 0.2) is 0 Å². The molecule has 0 fully saturated rings. The summed E-state index contributed by atoms with van der Waals surface area (Å²) < 4.78 is 0. The smallest absolute Gasteiger partial charge is 0.216 e. The zero-order valence-electron chi connectivity index (χ0n) is 6.39. The van der Waals surface area contributed by atoms with E-state index in [9.17, 15) is 9.59 Å². The number of hydrogen-bond acceptors (Lipinski definition) is 2. The average molecular weight is 143 g/mol. The average Bonchev–Trinajstić information content (AvgIpc) is 1.85. The number of aldehydes is 1. The van der Waals surface area contributed by atoms with E-state index in [-0.39, 0.29) is 11.8 Å². The summed E-state index contributed by atoms with van der Waals surface area (Å²) in [6.45, 7) is 3.98. The molecule has 58 valence electrons. The Labute approximate surface area is 60.8 Å². The molecular formula is C7H13NO2. The third-order valence-corrected chi connectivity index (χ3v) is 1.20. The Morgan fingerprint density at radius 2 is 2.30 bits per heavy atom. The van der Waals surface area contributed by atoms with E-state index in [1.165, 1.54) is 6.92 Å². The number of carbonyl (C=O) groups is 2.